The zero-order chi connectivity index (χ0) is 31.4. The first-order valence-electron chi connectivity index (χ1n) is 12.2. The van der Waals surface area contributed by atoms with E-state index in [1.807, 2.05) is 0 Å². The molecule has 2 aliphatic heterocycles. The van der Waals surface area contributed by atoms with E-state index >= 15 is 0 Å². The number of aliphatic carboxylic acids is 2. The molecule has 0 aromatic rings. The fraction of sp³-hybridized carbons (Fsp3) is 0.818. The van der Waals surface area contributed by atoms with Gasteiger partial charge >= 0.3 is 71.1 Å². The molecule has 0 spiro atoms. The molecule has 0 aliphatic carbocycles. The van der Waals surface area contributed by atoms with E-state index in [0.717, 1.165) is 13.8 Å². The van der Waals surface area contributed by atoms with Crippen LogP contribution >= 0.6 is 0 Å². The molecule has 0 aromatic heterocycles. The summed E-state index contributed by atoms with van der Waals surface area (Å²) in [5.74, 6) is -12.0. The van der Waals surface area contributed by atoms with Crippen LogP contribution < -0.4 is 69.3 Å². The van der Waals surface area contributed by atoms with E-state index < -0.39 is 122 Å². The van der Waals surface area contributed by atoms with Crippen LogP contribution in [0.4, 0.5) is 0 Å². The van der Waals surface area contributed by atoms with Crippen LogP contribution in [0.2, 0.25) is 0 Å². The van der Waals surface area contributed by atoms with Crippen molar-refractivity contribution >= 4 is 23.7 Å². The van der Waals surface area contributed by atoms with Gasteiger partial charge < -0.3 is 75.5 Å². The largest absolute Gasteiger partial charge is 1.00 e. The molecular weight excluding hydrogens is 610 g/mol. The zero-order valence-corrected chi connectivity index (χ0v) is 27.8. The second-order valence-corrected chi connectivity index (χ2v) is 9.70. The second kappa shape index (κ2) is 17.4. The maximum Gasteiger partial charge on any atom is 1.00 e. The smallest absolute Gasteiger partial charge is 0.862 e. The van der Waals surface area contributed by atoms with Crippen molar-refractivity contribution in [1.82, 2.24) is 0 Å². The van der Waals surface area contributed by atoms with Crippen LogP contribution in [0.15, 0.2) is 9.98 Å². The molecule has 19 nitrogen and oxygen atoms in total. The topological polar surface area (TPSA) is 335 Å². The van der Waals surface area contributed by atoms with E-state index in [1.165, 1.54) is 0 Å². The van der Waals surface area contributed by atoms with E-state index in [0.29, 0.717) is 0 Å². The summed E-state index contributed by atoms with van der Waals surface area (Å²) in [6.45, 7) is -0.444. The Morgan fingerprint density at radius 3 is 1.72 bits per heavy atom. The summed E-state index contributed by atoms with van der Waals surface area (Å²) in [7, 11) is 0. The van der Waals surface area contributed by atoms with Gasteiger partial charge in [-0.2, -0.15) is 0 Å². The number of hydrogen-bond donors (Lipinski definition) is 10. The third-order valence-corrected chi connectivity index (χ3v) is 6.56. The first kappa shape index (κ1) is 42.4. The summed E-state index contributed by atoms with van der Waals surface area (Å²) >= 11 is 0. The number of carboxylic acids is 2. The maximum atomic E-state index is 12.4. The van der Waals surface area contributed by atoms with Gasteiger partial charge in [-0.05, 0) is 25.6 Å². The summed E-state index contributed by atoms with van der Waals surface area (Å²) in [6, 6.07) is -3.43. The molecule has 2 heterocycles. The average Bonchev–Trinajstić information content (AvgIpc) is 2.88. The predicted molar refractivity (Wildman–Crippen MR) is 125 cm³/mol. The normalized spacial score (nSPS) is 36.3. The quantitative estimate of drug-likeness (QED) is 0.0535. The molecule has 2 saturated heterocycles. The van der Waals surface area contributed by atoms with Crippen LogP contribution in [0.5, 0.6) is 0 Å². The van der Waals surface area contributed by atoms with Crippen molar-refractivity contribution in [3.05, 3.63) is 0 Å². The van der Waals surface area contributed by atoms with Gasteiger partial charge in [0.25, 0.3) is 11.6 Å². The van der Waals surface area contributed by atoms with Gasteiger partial charge in [-0.1, -0.05) is 0 Å². The third kappa shape index (κ3) is 9.96. The SMILES string of the molecule is CC([O-])=N[C@H]1[C@H]([C@@H](O)[C@H](O)CO)O[C@@](O[C@H](CO)[C@@H](O)[C@@H]2O[C@](O)(C(=O)O)C[C@H](O)[C@H]2N=C(C)[O-])(C(=O)O)C[C@@H]1O.[Na+].[Na+]. The van der Waals surface area contributed by atoms with Crippen molar-refractivity contribution < 1.29 is 144 Å². The van der Waals surface area contributed by atoms with Gasteiger partial charge in [0, 0.05) is 12.8 Å². The standard InChI is InChI=1S/C22H36N2O17.2Na/c1-7(27)23-13-9(29)3-21(38,19(34)35)40-18(13)16(33)12(6-26)39-22(20(36)37)4-10(30)14(24-8(2)28)17(41-22)15(32)11(31)5-25;;/h9-18,25-26,29-33,38H,3-6H2,1-2H3,(H,23,27)(H,24,28)(H,34,35)(H,36,37);;/q;2*+1/p-2/t9-,10-,11+,12+,13+,14+,15-,16+,17+,18+,21-,22+;;/m0../s1. The maximum absolute atomic E-state index is 12.4. The molecule has 0 bridgehead atoms. The Hall–Kier alpha value is -0.560. The predicted octanol–water partition coefficient (Wildman–Crippen LogP) is -13.4. The molecule has 21 heteroatoms. The number of ether oxygens (including phenoxy) is 3. The van der Waals surface area contributed by atoms with Gasteiger partial charge in [0.2, 0.25) is 0 Å². The van der Waals surface area contributed by atoms with Crippen LogP contribution in [-0.2, 0) is 23.8 Å². The van der Waals surface area contributed by atoms with Gasteiger partial charge in [-0.3, -0.25) is 9.98 Å². The van der Waals surface area contributed by atoms with E-state index in [1.54, 1.807) is 0 Å². The molecule has 12 atom stereocenters. The number of rotatable bonds is 12. The molecule has 2 rings (SSSR count). The molecule has 2 aliphatic rings. The molecule has 0 aromatic carbocycles. The molecule has 0 saturated carbocycles. The number of aliphatic hydroxyl groups excluding tert-OH is 7. The van der Waals surface area contributed by atoms with E-state index in [-0.39, 0.29) is 59.1 Å². The molecule has 0 unspecified atom stereocenters. The Balaban J connectivity index is 0.00000882. The van der Waals surface area contributed by atoms with Gasteiger partial charge in [-0.25, -0.2) is 9.59 Å². The van der Waals surface area contributed by atoms with Crippen LogP contribution in [0.3, 0.4) is 0 Å². The molecule has 43 heavy (non-hydrogen) atoms. The van der Waals surface area contributed by atoms with Gasteiger partial charge in [0.15, 0.2) is 0 Å². The molecule has 236 valence electrons. The fourth-order valence-electron chi connectivity index (χ4n) is 4.60. The van der Waals surface area contributed by atoms with Gasteiger partial charge in [-0.15, -0.1) is 0 Å². The number of aliphatic imine (C=N–C) groups is 2. The summed E-state index contributed by atoms with van der Waals surface area (Å²) in [6.07, 6.45) is -18.7. The Morgan fingerprint density at radius 2 is 1.33 bits per heavy atom. The van der Waals surface area contributed by atoms with Crippen LogP contribution in [0.1, 0.15) is 26.7 Å². The van der Waals surface area contributed by atoms with Crippen LogP contribution in [0, 0.1) is 0 Å². The Labute approximate surface area is 288 Å². The van der Waals surface area contributed by atoms with E-state index in [4.69, 9.17) is 14.2 Å². The van der Waals surface area contributed by atoms with E-state index in [2.05, 4.69) is 9.98 Å². The molecular formula is C22H34N2Na2O17. The third-order valence-electron chi connectivity index (χ3n) is 6.56. The Morgan fingerprint density at radius 1 is 0.860 bits per heavy atom. The minimum atomic E-state index is -3.12. The molecule has 0 radical (unpaired) electrons. The summed E-state index contributed by atoms with van der Waals surface area (Å²) < 4.78 is 15.8. The van der Waals surface area contributed by atoms with Crippen molar-refractivity contribution in [3.8, 4) is 0 Å². The first-order valence-corrected chi connectivity index (χ1v) is 12.2. The van der Waals surface area contributed by atoms with Gasteiger partial charge in [0.1, 0.15) is 48.7 Å². The van der Waals surface area contributed by atoms with Crippen molar-refractivity contribution in [1.29, 1.82) is 0 Å². The van der Waals surface area contributed by atoms with Crippen molar-refractivity contribution in [2.75, 3.05) is 13.2 Å². The second-order valence-electron chi connectivity index (χ2n) is 9.70. The first-order chi connectivity index (χ1) is 18.9. The zero-order valence-electron chi connectivity index (χ0n) is 23.8. The monoisotopic (exact) mass is 644 g/mol. The number of carboxylic acid groups (broad SMARTS) is 2. The Kier molecular flexibility index (Phi) is 17.2. The number of carbonyl (C=O) groups is 2. The fourth-order valence-corrected chi connectivity index (χ4v) is 4.60. The molecule has 10 N–H and O–H groups in total. The van der Waals surface area contributed by atoms with Crippen molar-refractivity contribution in [2.45, 2.75) is 99.2 Å². The minimum Gasteiger partial charge on any atom is -0.862 e. The van der Waals surface area contributed by atoms with Gasteiger partial charge in [0.05, 0.1) is 25.4 Å². The van der Waals surface area contributed by atoms with Crippen molar-refractivity contribution in [3.63, 3.8) is 0 Å². The summed E-state index contributed by atoms with van der Waals surface area (Å²) in [4.78, 5) is 31.1. The van der Waals surface area contributed by atoms with Crippen LogP contribution in [-0.4, -0.2) is 161 Å². The minimum absolute atomic E-state index is 0. The van der Waals surface area contributed by atoms with Crippen LogP contribution in [0.25, 0.3) is 0 Å². The summed E-state index contributed by atoms with van der Waals surface area (Å²) in [5, 5.41) is 125. The average molecular weight is 644 g/mol. The number of hydrogen-bond acceptors (Lipinski definition) is 17. The molecule has 0 amide bonds. The summed E-state index contributed by atoms with van der Waals surface area (Å²) in [5.41, 5.74) is 0. The van der Waals surface area contributed by atoms with E-state index in [9.17, 15) is 70.9 Å². The van der Waals surface area contributed by atoms with Crippen molar-refractivity contribution in [2.24, 2.45) is 9.98 Å². The number of aliphatic hydroxyl groups is 8. The number of nitrogens with zero attached hydrogens (tertiary/aromatic N) is 2. The Bertz CT molecular complexity index is 999. The molecule has 2 fully saturated rings.